The lowest BCUT2D eigenvalue weighted by Crippen LogP contribution is -2.37. The number of aryl methyl sites for hydroxylation is 1. The zero-order chi connectivity index (χ0) is 23.3. The molecule has 1 amide bonds. The van der Waals surface area contributed by atoms with Crippen molar-refractivity contribution in [1.82, 2.24) is 4.31 Å². The molecule has 8 nitrogen and oxygen atoms in total. The normalized spacial score (nSPS) is 11.3. The van der Waals surface area contributed by atoms with E-state index < -0.39 is 27.4 Å². The van der Waals surface area contributed by atoms with Crippen LogP contribution in [0.3, 0.4) is 0 Å². The summed E-state index contributed by atoms with van der Waals surface area (Å²) >= 11 is 6.03. The van der Waals surface area contributed by atoms with Crippen molar-refractivity contribution in [2.24, 2.45) is 0 Å². The Labute approximate surface area is 190 Å². The highest BCUT2D eigenvalue weighted by Crippen LogP contribution is 2.21. The minimum atomic E-state index is -4.02. The lowest BCUT2D eigenvalue weighted by atomic mass is 10.2. The third kappa shape index (κ3) is 5.91. The highest BCUT2D eigenvalue weighted by molar-refractivity contribution is 7.89. The monoisotopic (exact) mass is 473 g/mol. The molecule has 0 bridgehead atoms. The number of halogens is 1. The molecule has 10 heteroatoms. The number of carbonyl (C=O) groups excluding carboxylic acids is 1. The molecule has 166 valence electrons. The van der Waals surface area contributed by atoms with Gasteiger partial charge in [0, 0.05) is 29.4 Å². The number of anilines is 1. The molecule has 0 radical (unpaired) electrons. The number of rotatable bonds is 8. The molecule has 1 N–H and O–H groups in total. The molecule has 3 rings (SSSR count). The van der Waals surface area contributed by atoms with E-state index >= 15 is 0 Å². The maximum absolute atomic E-state index is 13.3. The van der Waals surface area contributed by atoms with Crippen LogP contribution in [0.15, 0.2) is 77.7 Å². The van der Waals surface area contributed by atoms with Crippen LogP contribution in [0.2, 0.25) is 5.02 Å². The van der Waals surface area contributed by atoms with Gasteiger partial charge in [0.05, 0.1) is 16.4 Å². The van der Waals surface area contributed by atoms with Crippen molar-refractivity contribution in [2.75, 3.05) is 11.9 Å². The SMILES string of the molecule is Cc1ccc(S(=O)(=O)N(CC(=O)Nc2cccc([N+](=O)[O-])c2)Cc2cccc(Cl)c2)cc1. The number of benzene rings is 3. The van der Waals surface area contributed by atoms with Gasteiger partial charge < -0.3 is 5.32 Å². The molecule has 0 atom stereocenters. The van der Waals surface area contributed by atoms with Crippen LogP contribution in [0.25, 0.3) is 0 Å². The first-order valence-corrected chi connectivity index (χ1v) is 11.3. The number of hydrogen-bond acceptors (Lipinski definition) is 5. The molecular weight excluding hydrogens is 454 g/mol. The van der Waals surface area contributed by atoms with Crippen LogP contribution in [-0.4, -0.2) is 30.1 Å². The summed E-state index contributed by atoms with van der Waals surface area (Å²) in [5, 5.41) is 13.9. The van der Waals surface area contributed by atoms with Crippen LogP contribution in [0.5, 0.6) is 0 Å². The molecule has 0 saturated heterocycles. The number of hydrogen-bond donors (Lipinski definition) is 1. The second kappa shape index (κ2) is 9.90. The fourth-order valence-electron chi connectivity index (χ4n) is 2.98. The molecule has 0 unspecified atom stereocenters. The van der Waals surface area contributed by atoms with Crippen LogP contribution in [0, 0.1) is 17.0 Å². The fraction of sp³-hybridized carbons (Fsp3) is 0.136. The van der Waals surface area contributed by atoms with Gasteiger partial charge in [-0.25, -0.2) is 8.42 Å². The van der Waals surface area contributed by atoms with Crippen LogP contribution in [0.1, 0.15) is 11.1 Å². The van der Waals surface area contributed by atoms with Gasteiger partial charge in [0.2, 0.25) is 15.9 Å². The first-order valence-electron chi connectivity index (χ1n) is 9.51. The number of nitro benzene ring substituents is 1. The summed E-state index contributed by atoms with van der Waals surface area (Å²) in [4.78, 5) is 23.1. The second-order valence-electron chi connectivity index (χ2n) is 7.07. The van der Waals surface area contributed by atoms with Gasteiger partial charge >= 0.3 is 0 Å². The highest BCUT2D eigenvalue weighted by Gasteiger charge is 2.27. The Morgan fingerprint density at radius 3 is 2.41 bits per heavy atom. The van der Waals surface area contributed by atoms with Gasteiger partial charge in [-0.05, 0) is 42.8 Å². The van der Waals surface area contributed by atoms with Gasteiger partial charge in [0.25, 0.3) is 5.69 Å². The lowest BCUT2D eigenvalue weighted by molar-refractivity contribution is -0.384. The molecule has 0 aliphatic carbocycles. The fourth-order valence-corrected chi connectivity index (χ4v) is 4.58. The standard InChI is InChI=1S/C22H20ClN3O5S/c1-16-8-10-21(11-9-16)32(30,31)25(14-17-4-2-5-18(23)12-17)15-22(27)24-19-6-3-7-20(13-19)26(28)29/h2-13H,14-15H2,1H3,(H,24,27). The summed E-state index contributed by atoms with van der Waals surface area (Å²) in [7, 11) is -4.02. The topological polar surface area (TPSA) is 110 Å². The van der Waals surface area contributed by atoms with E-state index in [0.29, 0.717) is 10.6 Å². The molecule has 0 spiro atoms. The summed E-state index contributed by atoms with van der Waals surface area (Å²) in [6, 6.07) is 18.4. The zero-order valence-corrected chi connectivity index (χ0v) is 18.6. The minimum Gasteiger partial charge on any atom is -0.325 e. The smallest absolute Gasteiger partial charge is 0.271 e. The number of nitrogens with zero attached hydrogens (tertiary/aromatic N) is 2. The predicted octanol–water partition coefficient (Wildman–Crippen LogP) is 4.39. The van der Waals surface area contributed by atoms with E-state index in [0.717, 1.165) is 9.87 Å². The number of non-ortho nitro benzene ring substituents is 1. The summed E-state index contributed by atoms with van der Waals surface area (Å²) in [5.41, 5.74) is 1.51. The first-order chi connectivity index (χ1) is 15.1. The maximum atomic E-state index is 13.3. The molecule has 0 aromatic heterocycles. The van der Waals surface area contributed by atoms with Crippen molar-refractivity contribution in [3.8, 4) is 0 Å². The average molecular weight is 474 g/mol. The third-order valence-corrected chi connectivity index (χ3v) is 6.61. The van der Waals surface area contributed by atoms with E-state index in [1.165, 1.54) is 36.4 Å². The highest BCUT2D eigenvalue weighted by atomic mass is 35.5. The number of nitrogens with one attached hydrogen (secondary N) is 1. The zero-order valence-electron chi connectivity index (χ0n) is 17.1. The predicted molar refractivity (Wildman–Crippen MR) is 122 cm³/mol. The third-order valence-electron chi connectivity index (χ3n) is 4.57. The molecule has 32 heavy (non-hydrogen) atoms. The molecule has 0 aliphatic rings. The van der Waals surface area contributed by atoms with Crippen LogP contribution in [0.4, 0.5) is 11.4 Å². The van der Waals surface area contributed by atoms with E-state index in [2.05, 4.69) is 5.32 Å². The van der Waals surface area contributed by atoms with Crippen LogP contribution >= 0.6 is 11.6 Å². The summed E-state index contributed by atoms with van der Waals surface area (Å²) < 4.78 is 27.6. The van der Waals surface area contributed by atoms with E-state index in [4.69, 9.17) is 11.6 Å². The first kappa shape index (κ1) is 23.4. The summed E-state index contributed by atoms with van der Waals surface area (Å²) in [6.45, 7) is 1.26. The molecular formula is C22H20ClN3O5S. The van der Waals surface area contributed by atoms with Gasteiger partial charge in [0.1, 0.15) is 0 Å². The lowest BCUT2D eigenvalue weighted by Gasteiger charge is -2.22. The Morgan fingerprint density at radius 2 is 1.75 bits per heavy atom. The Kier molecular flexibility index (Phi) is 7.24. The molecule has 0 heterocycles. The van der Waals surface area contributed by atoms with Gasteiger partial charge in [-0.2, -0.15) is 4.31 Å². The van der Waals surface area contributed by atoms with Crippen LogP contribution in [-0.2, 0) is 21.4 Å². The Morgan fingerprint density at radius 1 is 1.06 bits per heavy atom. The summed E-state index contributed by atoms with van der Waals surface area (Å²) in [6.07, 6.45) is 0. The van der Waals surface area contributed by atoms with Crippen molar-refractivity contribution in [2.45, 2.75) is 18.4 Å². The Bertz CT molecular complexity index is 1250. The van der Waals surface area contributed by atoms with Gasteiger partial charge in [-0.1, -0.05) is 47.5 Å². The number of nitro groups is 1. The van der Waals surface area contributed by atoms with Crippen LogP contribution < -0.4 is 5.32 Å². The van der Waals surface area contributed by atoms with E-state index in [1.54, 1.807) is 36.4 Å². The molecule has 3 aromatic rings. The minimum absolute atomic E-state index is 0.0493. The van der Waals surface area contributed by atoms with Crippen molar-refractivity contribution < 1.29 is 18.1 Å². The summed E-state index contributed by atoms with van der Waals surface area (Å²) in [5.74, 6) is -0.636. The number of carbonyl (C=O) groups is 1. The number of sulfonamides is 1. The Hall–Kier alpha value is -3.27. The van der Waals surface area contributed by atoms with Crippen molar-refractivity contribution in [3.05, 3.63) is 99.1 Å². The van der Waals surface area contributed by atoms with E-state index in [9.17, 15) is 23.3 Å². The number of amides is 1. The van der Waals surface area contributed by atoms with Crippen molar-refractivity contribution in [3.63, 3.8) is 0 Å². The molecule has 0 saturated carbocycles. The van der Waals surface area contributed by atoms with E-state index in [1.807, 2.05) is 6.92 Å². The van der Waals surface area contributed by atoms with Crippen molar-refractivity contribution in [1.29, 1.82) is 0 Å². The largest absolute Gasteiger partial charge is 0.325 e. The maximum Gasteiger partial charge on any atom is 0.271 e. The average Bonchev–Trinajstić information content (AvgIpc) is 2.74. The Balaban J connectivity index is 1.88. The van der Waals surface area contributed by atoms with E-state index in [-0.39, 0.29) is 22.8 Å². The molecule has 0 fully saturated rings. The quantitative estimate of drug-likeness (QED) is 0.385. The van der Waals surface area contributed by atoms with Gasteiger partial charge in [0.15, 0.2) is 0 Å². The van der Waals surface area contributed by atoms with Gasteiger partial charge in [-0.3, -0.25) is 14.9 Å². The second-order valence-corrected chi connectivity index (χ2v) is 9.45. The molecule has 3 aromatic carbocycles. The molecule has 0 aliphatic heterocycles. The van der Waals surface area contributed by atoms with Gasteiger partial charge in [-0.15, -0.1) is 0 Å². The van der Waals surface area contributed by atoms with Crippen molar-refractivity contribution >= 4 is 38.9 Å².